The molecule has 17 heavy (non-hydrogen) atoms. The van der Waals surface area contributed by atoms with Crippen molar-refractivity contribution in [2.75, 3.05) is 7.11 Å². The topological polar surface area (TPSA) is 59.4 Å². The van der Waals surface area contributed by atoms with E-state index in [4.69, 9.17) is 21.4 Å². The lowest BCUT2D eigenvalue weighted by molar-refractivity contribution is 0.0697. The number of aromatic nitrogens is 1. The van der Waals surface area contributed by atoms with Gasteiger partial charge in [-0.2, -0.15) is 0 Å². The second kappa shape index (κ2) is 4.18. The Morgan fingerprint density at radius 1 is 1.53 bits per heavy atom. The molecule has 1 heterocycles. The predicted molar refractivity (Wildman–Crippen MR) is 60.2 cm³/mol. The minimum atomic E-state index is -1.23. The largest absolute Gasteiger partial charge is 0.496 e. The highest BCUT2D eigenvalue weighted by atomic mass is 35.5. The van der Waals surface area contributed by atoms with Crippen LogP contribution in [-0.2, 0) is 0 Å². The van der Waals surface area contributed by atoms with E-state index in [9.17, 15) is 9.18 Å². The third-order valence-corrected chi connectivity index (χ3v) is 2.59. The van der Waals surface area contributed by atoms with Gasteiger partial charge in [0.2, 0.25) is 0 Å². The molecule has 0 amide bonds. The second-order valence-corrected chi connectivity index (χ2v) is 3.64. The summed E-state index contributed by atoms with van der Waals surface area (Å²) in [5, 5.41) is 8.92. The van der Waals surface area contributed by atoms with Crippen LogP contribution in [0.15, 0.2) is 18.2 Å². The second-order valence-electron chi connectivity index (χ2n) is 3.28. The number of nitrogens with zero attached hydrogens (tertiary/aromatic N) is 1. The van der Waals surface area contributed by atoms with Crippen molar-refractivity contribution < 1.29 is 19.0 Å². The van der Waals surface area contributed by atoms with E-state index in [2.05, 4.69) is 4.98 Å². The molecule has 0 saturated heterocycles. The lowest BCUT2D eigenvalue weighted by Crippen LogP contribution is -2.01. The molecule has 0 unspecified atom stereocenters. The summed E-state index contributed by atoms with van der Waals surface area (Å²) in [6, 6.07) is 3.83. The zero-order chi connectivity index (χ0) is 12.6. The molecule has 6 heteroatoms. The molecule has 4 nitrogen and oxygen atoms in total. The first kappa shape index (κ1) is 11.6. The Morgan fingerprint density at radius 2 is 2.24 bits per heavy atom. The molecule has 1 aromatic carbocycles. The van der Waals surface area contributed by atoms with E-state index in [1.807, 2.05) is 0 Å². The number of pyridine rings is 1. The average molecular weight is 256 g/mol. The minimum absolute atomic E-state index is 0.0145. The van der Waals surface area contributed by atoms with Crippen molar-refractivity contribution in [1.82, 2.24) is 4.98 Å². The Labute approximate surface area is 101 Å². The Bertz CT molecular complexity index is 615. The van der Waals surface area contributed by atoms with Crippen LogP contribution in [-0.4, -0.2) is 23.2 Å². The Hall–Kier alpha value is -1.88. The van der Waals surface area contributed by atoms with E-state index in [0.717, 1.165) is 0 Å². The van der Waals surface area contributed by atoms with Crippen LogP contribution >= 0.6 is 11.6 Å². The van der Waals surface area contributed by atoms with Gasteiger partial charge in [-0.15, -0.1) is 0 Å². The normalized spacial score (nSPS) is 10.5. The summed E-state index contributed by atoms with van der Waals surface area (Å²) >= 11 is 5.67. The quantitative estimate of drug-likeness (QED) is 0.838. The third kappa shape index (κ3) is 1.89. The lowest BCUT2D eigenvalue weighted by atomic mass is 10.1. The highest BCUT2D eigenvalue weighted by Gasteiger charge is 2.16. The fourth-order valence-corrected chi connectivity index (χ4v) is 1.73. The van der Waals surface area contributed by atoms with Gasteiger partial charge in [0.25, 0.3) is 0 Å². The molecule has 0 bridgehead atoms. The maximum absolute atomic E-state index is 13.5. The molecule has 2 rings (SSSR count). The summed E-state index contributed by atoms with van der Waals surface area (Å²) in [5.74, 6) is -1.47. The smallest absolute Gasteiger partial charge is 0.338 e. The van der Waals surface area contributed by atoms with Crippen LogP contribution in [0.25, 0.3) is 10.9 Å². The van der Waals surface area contributed by atoms with Crippen LogP contribution in [0, 0.1) is 5.82 Å². The molecular formula is C11H7ClFNO3. The minimum Gasteiger partial charge on any atom is -0.496 e. The summed E-state index contributed by atoms with van der Waals surface area (Å²) in [5.41, 5.74) is -0.206. The Morgan fingerprint density at radius 3 is 2.82 bits per heavy atom. The molecule has 0 fully saturated rings. The molecule has 2 aromatic rings. The molecule has 0 aliphatic carbocycles. The molecule has 0 radical (unpaired) electrons. The summed E-state index contributed by atoms with van der Waals surface area (Å²) in [7, 11) is 1.40. The van der Waals surface area contributed by atoms with E-state index >= 15 is 0 Å². The number of hydrogen-bond acceptors (Lipinski definition) is 3. The van der Waals surface area contributed by atoms with Gasteiger partial charge >= 0.3 is 5.97 Å². The number of ether oxygens (including phenoxy) is 1. The van der Waals surface area contributed by atoms with Crippen molar-refractivity contribution in [3.05, 3.63) is 34.7 Å². The van der Waals surface area contributed by atoms with Gasteiger partial charge in [-0.1, -0.05) is 11.6 Å². The number of carboxylic acid groups (broad SMARTS) is 1. The fourth-order valence-electron chi connectivity index (χ4n) is 1.51. The predicted octanol–water partition coefficient (Wildman–Crippen LogP) is 2.73. The number of halogens is 2. The van der Waals surface area contributed by atoms with Gasteiger partial charge in [0.05, 0.1) is 12.7 Å². The van der Waals surface area contributed by atoms with E-state index in [0.29, 0.717) is 5.75 Å². The van der Waals surface area contributed by atoms with Crippen molar-refractivity contribution in [3.63, 3.8) is 0 Å². The number of rotatable bonds is 2. The van der Waals surface area contributed by atoms with Crippen LogP contribution in [0.5, 0.6) is 5.75 Å². The van der Waals surface area contributed by atoms with Gasteiger partial charge in [-0.05, 0) is 18.2 Å². The number of aromatic carboxylic acids is 1. The van der Waals surface area contributed by atoms with Crippen molar-refractivity contribution in [2.45, 2.75) is 0 Å². The molecular weight excluding hydrogens is 249 g/mol. The number of fused-ring (bicyclic) bond motifs is 1. The lowest BCUT2D eigenvalue weighted by Gasteiger charge is -2.07. The number of carbonyl (C=O) groups is 1. The first-order chi connectivity index (χ1) is 8.04. The zero-order valence-electron chi connectivity index (χ0n) is 8.70. The third-order valence-electron chi connectivity index (χ3n) is 2.30. The molecule has 0 aliphatic heterocycles. The fraction of sp³-hybridized carbons (Fsp3) is 0.0909. The SMILES string of the molecule is COc1ccc(F)c2nc(Cl)c(C(=O)O)cc12. The Kier molecular flexibility index (Phi) is 2.85. The summed E-state index contributed by atoms with van der Waals surface area (Å²) in [4.78, 5) is 14.6. The van der Waals surface area contributed by atoms with Crippen molar-refractivity contribution in [2.24, 2.45) is 0 Å². The molecule has 88 valence electrons. The first-order valence-corrected chi connectivity index (χ1v) is 4.98. The molecule has 0 atom stereocenters. The Balaban J connectivity index is 2.87. The monoisotopic (exact) mass is 255 g/mol. The first-order valence-electron chi connectivity index (χ1n) is 4.60. The summed E-state index contributed by atoms with van der Waals surface area (Å²) < 4.78 is 18.5. The zero-order valence-corrected chi connectivity index (χ0v) is 9.45. The van der Waals surface area contributed by atoms with Crippen LogP contribution in [0.3, 0.4) is 0 Å². The standard InChI is InChI=1S/C11H7ClFNO3/c1-17-8-3-2-7(13)9-5(8)4-6(11(15)16)10(12)14-9/h2-4H,1H3,(H,15,16). The van der Waals surface area contributed by atoms with Crippen LogP contribution in [0.4, 0.5) is 4.39 Å². The van der Waals surface area contributed by atoms with Gasteiger partial charge in [0.15, 0.2) is 0 Å². The van der Waals surface area contributed by atoms with Gasteiger partial charge in [-0.25, -0.2) is 14.2 Å². The van der Waals surface area contributed by atoms with Gasteiger partial charge in [0.1, 0.15) is 22.2 Å². The molecule has 1 aromatic heterocycles. The maximum atomic E-state index is 13.5. The summed E-state index contributed by atoms with van der Waals surface area (Å²) in [6.07, 6.45) is 0. The van der Waals surface area contributed by atoms with Crippen molar-refractivity contribution in [1.29, 1.82) is 0 Å². The molecule has 0 saturated carbocycles. The van der Waals surface area contributed by atoms with Gasteiger partial charge < -0.3 is 9.84 Å². The number of carboxylic acids is 1. The van der Waals surface area contributed by atoms with E-state index in [-0.39, 0.29) is 21.6 Å². The number of methoxy groups -OCH3 is 1. The van der Waals surface area contributed by atoms with E-state index in [1.54, 1.807) is 0 Å². The number of hydrogen-bond donors (Lipinski definition) is 1. The van der Waals surface area contributed by atoms with Crippen molar-refractivity contribution >= 4 is 28.5 Å². The van der Waals surface area contributed by atoms with E-state index in [1.165, 1.54) is 25.3 Å². The highest BCUT2D eigenvalue weighted by molar-refractivity contribution is 6.32. The van der Waals surface area contributed by atoms with Crippen LogP contribution < -0.4 is 4.74 Å². The van der Waals surface area contributed by atoms with Gasteiger partial charge in [0, 0.05) is 5.39 Å². The van der Waals surface area contributed by atoms with Crippen molar-refractivity contribution in [3.8, 4) is 5.75 Å². The molecule has 0 spiro atoms. The average Bonchev–Trinajstić information content (AvgIpc) is 2.29. The maximum Gasteiger partial charge on any atom is 0.338 e. The number of benzene rings is 1. The molecule has 1 N–H and O–H groups in total. The van der Waals surface area contributed by atoms with Gasteiger partial charge in [-0.3, -0.25) is 0 Å². The van der Waals surface area contributed by atoms with Crippen LogP contribution in [0.1, 0.15) is 10.4 Å². The summed E-state index contributed by atoms with van der Waals surface area (Å²) in [6.45, 7) is 0. The highest BCUT2D eigenvalue weighted by Crippen LogP contribution is 2.29. The molecule has 0 aliphatic rings. The van der Waals surface area contributed by atoms with E-state index < -0.39 is 11.8 Å². The van der Waals surface area contributed by atoms with Crippen LogP contribution in [0.2, 0.25) is 5.15 Å².